The van der Waals surface area contributed by atoms with E-state index in [1.54, 1.807) is 14.2 Å². The first-order valence-electron chi connectivity index (χ1n) is 16.0. The molecular weight excluding hydrogens is 548 g/mol. The van der Waals surface area contributed by atoms with Crippen LogP contribution in [0.3, 0.4) is 0 Å². The number of amides is 2. The Kier molecular flexibility index (Phi) is 17.6. The van der Waals surface area contributed by atoms with Crippen LogP contribution in [0.2, 0.25) is 0 Å². The van der Waals surface area contributed by atoms with Crippen LogP contribution in [0.15, 0.2) is 18.2 Å². The highest BCUT2D eigenvalue weighted by molar-refractivity contribution is 5.78. The SMILES string of the molecule is CCCCNC(=O)[C@@H](C[C@H](O)[C@H](C[C@H](Cc1ccc(OC)c(OCCCOC)c1)C(C)C)NC(=O)OC(C)(C)C)C(C)C. The van der Waals surface area contributed by atoms with E-state index in [4.69, 9.17) is 18.9 Å². The van der Waals surface area contributed by atoms with Gasteiger partial charge in [0.05, 0.1) is 25.9 Å². The van der Waals surface area contributed by atoms with Gasteiger partial charge in [-0.1, -0.05) is 47.1 Å². The molecule has 0 heterocycles. The largest absolute Gasteiger partial charge is 0.493 e. The summed E-state index contributed by atoms with van der Waals surface area (Å²) in [4.78, 5) is 25.9. The molecule has 0 saturated carbocycles. The summed E-state index contributed by atoms with van der Waals surface area (Å²) in [6.45, 7) is 17.5. The number of methoxy groups -OCH3 is 2. The Morgan fingerprint density at radius 1 is 0.953 bits per heavy atom. The van der Waals surface area contributed by atoms with Crippen LogP contribution >= 0.6 is 0 Å². The van der Waals surface area contributed by atoms with Crippen molar-refractivity contribution in [2.75, 3.05) is 34.0 Å². The molecule has 4 atom stereocenters. The molecule has 0 saturated heterocycles. The monoisotopic (exact) mass is 608 g/mol. The third kappa shape index (κ3) is 15.2. The predicted octanol–water partition coefficient (Wildman–Crippen LogP) is 6.15. The Morgan fingerprint density at radius 3 is 2.21 bits per heavy atom. The van der Waals surface area contributed by atoms with E-state index in [-0.39, 0.29) is 36.0 Å². The molecule has 1 rings (SSSR count). The maximum atomic E-state index is 13.0. The van der Waals surface area contributed by atoms with Crippen molar-refractivity contribution >= 4 is 12.0 Å². The van der Waals surface area contributed by atoms with Crippen LogP contribution in [0.5, 0.6) is 11.5 Å². The summed E-state index contributed by atoms with van der Waals surface area (Å²) in [5, 5.41) is 17.5. The molecular formula is C34H60N2O7. The Balaban J connectivity index is 3.21. The van der Waals surface area contributed by atoms with Crippen LogP contribution in [0.4, 0.5) is 4.79 Å². The molecule has 0 spiro atoms. The lowest BCUT2D eigenvalue weighted by molar-refractivity contribution is -0.127. The van der Waals surface area contributed by atoms with Crippen LogP contribution < -0.4 is 20.1 Å². The predicted molar refractivity (Wildman–Crippen MR) is 172 cm³/mol. The van der Waals surface area contributed by atoms with E-state index in [1.807, 2.05) is 52.8 Å². The molecule has 0 aliphatic rings. The highest BCUT2D eigenvalue weighted by atomic mass is 16.6. The average molecular weight is 609 g/mol. The van der Waals surface area contributed by atoms with Gasteiger partial charge in [0.1, 0.15) is 5.60 Å². The van der Waals surface area contributed by atoms with Crippen LogP contribution in [-0.4, -0.2) is 68.8 Å². The Bertz CT molecular complexity index is 945. The van der Waals surface area contributed by atoms with Crippen molar-refractivity contribution in [2.24, 2.45) is 23.7 Å². The first-order chi connectivity index (χ1) is 20.2. The van der Waals surface area contributed by atoms with E-state index >= 15 is 0 Å². The topological polar surface area (TPSA) is 115 Å². The van der Waals surface area contributed by atoms with Crippen LogP contribution in [0, 0.1) is 23.7 Å². The maximum Gasteiger partial charge on any atom is 0.407 e. The molecule has 9 heteroatoms. The van der Waals surface area contributed by atoms with Gasteiger partial charge in [-0.3, -0.25) is 4.79 Å². The van der Waals surface area contributed by atoms with Gasteiger partial charge in [-0.2, -0.15) is 0 Å². The molecule has 3 N–H and O–H groups in total. The van der Waals surface area contributed by atoms with Crippen molar-refractivity contribution in [1.82, 2.24) is 10.6 Å². The summed E-state index contributed by atoms with van der Waals surface area (Å²) in [7, 11) is 3.29. The fourth-order valence-corrected chi connectivity index (χ4v) is 4.96. The number of aliphatic hydroxyl groups excluding tert-OH is 1. The number of alkyl carbamates (subject to hydrolysis) is 1. The van der Waals surface area contributed by atoms with Crippen molar-refractivity contribution < 1.29 is 33.6 Å². The molecule has 1 aromatic carbocycles. The molecule has 43 heavy (non-hydrogen) atoms. The number of benzene rings is 1. The standard InChI is InChI=1S/C34H60N2O7/c1-11-12-16-35-32(38)27(24(4)5)22-29(37)28(36-33(39)43-34(6,7)8)21-26(23(2)3)19-25-14-15-30(41-10)31(20-25)42-18-13-17-40-9/h14-15,20,23-24,26-29,37H,11-13,16-19,21-22H2,1-10H3,(H,35,38)(H,36,39)/t26-,27-,28-,29-/m0/s1. The summed E-state index contributed by atoms with van der Waals surface area (Å²) in [6.07, 6.45) is 2.60. The Morgan fingerprint density at radius 2 is 1.65 bits per heavy atom. The van der Waals surface area contributed by atoms with Gasteiger partial charge in [0.2, 0.25) is 5.91 Å². The lowest BCUT2D eigenvalue weighted by Gasteiger charge is -2.33. The van der Waals surface area contributed by atoms with Crippen molar-refractivity contribution in [1.29, 1.82) is 0 Å². The molecule has 0 radical (unpaired) electrons. The summed E-state index contributed by atoms with van der Waals surface area (Å²) in [5.74, 6) is 1.29. The quantitative estimate of drug-likeness (QED) is 0.152. The van der Waals surface area contributed by atoms with Gasteiger partial charge in [-0.25, -0.2) is 4.79 Å². The second-order valence-electron chi connectivity index (χ2n) is 13.2. The van der Waals surface area contributed by atoms with Crippen LogP contribution in [0.1, 0.15) is 93.1 Å². The van der Waals surface area contributed by atoms with E-state index < -0.39 is 23.8 Å². The second kappa shape index (κ2) is 19.7. The van der Waals surface area contributed by atoms with E-state index in [0.717, 1.165) is 24.8 Å². The Hall–Kier alpha value is -2.52. The zero-order valence-electron chi connectivity index (χ0n) is 28.5. The molecule has 0 aliphatic heterocycles. The molecule has 0 aromatic heterocycles. The number of hydrogen-bond acceptors (Lipinski definition) is 7. The van der Waals surface area contributed by atoms with Gasteiger partial charge >= 0.3 is 6.09 Å². The lowest BCUT2D eigenvalue weighted by atomic mass is 9.80. The smallest absolute Gasteiger partial charge is 0.407 e. The third-order valence-corrected chi connectivity index (χ3v) is 7.61. The number of ether oxygens (including phenoxy) is 4. The molecule has 0 aliphatic carbocycles. The summed E-state index contributed by atoms with van der Waals surface area (Å²) < 4.78 is 22.2. The minimum Gasteiger partial charge on any atom is -0.493 e. The number of hydrogen-bond donors (Lipinski definition) is 3. The maximum absolute atomic E-state index is 13.0. The molecule has 1 aromatic rings. The fraction of sp³-hybridized carbons (Fsp3) is 0.765. The zero-order chi connectivity index (χ0) is 32.6. The number of unbranched alkanes of at least 4 members (excludes halogenated alkanes) is 1. The number of carbonyl (C=O) groups excluding carboxylic acids is 2. The van der Waals surface area contributed by atoms with Crippen LogP contribution in [-0.2, 0) is 20.7 Å². The van der Waals surface area contributed by atoms with Gasteiger partial charge in [-0.05, 0) is 81.9 Å². The molecule has 0 bridgehead atoms. The van der Waals surface area contributed by atoms with Gasteiger partial charge in [0.15, 0.2) is 11.5 Å². The molecule has 9 nitrogen and oxygen atoms in total. The molecule has 2 amide bonds. The Labute approximate surface area is 260 Å². The minimum atomic E-state index is -0.936. The zero-order valence-corrected chi connectivity index (χ0v) is 28.5. The van der Waals surface area contributed by atoms with Gasteiger partial charge in [0, 0.05) is 32.6 Å². The van der Waals surface area contributed by atoms with Crippen molar-refractivity contribution in [3.8, 4) is 11.5 Å². The van der Waals surface area contributed by atoms with Crippen LogP contribution in [0.25, 0.3) is 0 Å². The van der Waals surface area contributed by atoms with E-state index in [9.17, 15) is 14.7 Å². The molecule has 0 fully saturated rings. The molecule has 0 unspecified atom stereocenters. The highest BCUT2D eigenvalue weighted by Crippen LogP contribution is 2.32. The summed E-state index contributed by atoms with van der Waals surface area (Å²) >= 11 is 0. The number of aliphatic hydroxyl groups is 1. The van der Waals surface area contributed by atoms with E-state index in [2.05, 4.69) is 31.4 Å². The number of rotatable bonds is 20. The van der Waals surface area contributed by atoms with Gasteiger partial charge in [-0.15, -0.1) is 0 Å². The second-order valence-corrected chi connectivity index (χ2v) is 13.2. The van der Waals surface area contributed by atoms with Gasteiger partial charge < -0.3 is 34.7 Å². The summed E-state index contributed by atoms with van der Waals surface area (Å²) in [6, 6.07) is 5.34. The van der Waals surface area contributed by atoms with Crippen molar-refractivity contribution in [2.45, 2.75) is 112 Å². The average Bonchev–Trinajstić information content (AvgIpc) is 2.92. The fourth-order valence-electron chi connectivity index (χ4n) is 4.96. The third-order valence-electron chi connectivity index (χ3n) is 7.61. The number of nitrogens with one attached hydrogen (secondary N) is 2. The van der Waals surface area contributed by atoms with Crippen molar-refractivity contribution in [3.05, 3.63) is 23.8 Å². The normalized spacial score (nSPS) is 14.6. The first-order valence-corrected chi connectivity index (χ1v) is 16.0. The van der Waals surface area contributed by atoms with E-state index in [1.165, 1.54) is 0 Å². The minimum absolute atomic E-state index is 0.0287. The van der Waals surface area contributed by atoms with E-state index in [0.29, 0.717) is 44.1 Å². The lowest BCUT2D eigenvalue weighted by Crippen LogP contribution is -2.48. The number of carbonyl (C=O) groups is 2. The van der Waals surface area contributed by atoms with Crippen molar-refractivity contribution in [3.63, 3.8) is 0 Å². The molecule has 248 valence electrons. The summed E-state index contributed by atoms with van der Waals surface area (Å²) in [5.41, 5.74) is 0.390. The highest BCUT2D eigenvalue weighted by Gasteiger charge is 2.33. The van der Waals surface area contributed by atoms with Gasteiger partial charge in [0.25, 0.3) is 0 Å². The first kappa shape index (κ1) is 38.5.